The average Bonchev–Trinajstić information content (AvgIpc) is 2.68. The summed E-state index contributed by atoms with van der Waals surface area (Å²) in [5.74, 6) is 0.204. The molecule has 0 radical (unpaired) electrons. The second kappa shape index (κ2) is 3.85. The van der Waals surface area contributed by atoms with Crippen LogP contribution in [0.4, 0.5) is 0 Å². The largest absolute Gasteiger partial charge is 0.298 e. The van der Waals surface area contributed by atoms with E-state index in [0.717, 1.165) is 0 Å². The van der Waals surface area contributed by atoms with E-state index in [1.165, 1.54) is 4.68 Å². The summed E-state index contributed by atoms with van der Waals surface area (Å²) < 4.78 is 24.1. The van der Waals surface area contributed by atoms with E-state index in [1.54, 1.807) is 6.92 Å². The lowest BCUT2D eigenvalue weighted by atomic mass is 10.2. The van der Waals surface area contributed by atoms with Gasteiger partial charge in [-0.15, -0.1) is 0 Å². The summed E-state index contributed by atoms with van der Waals surface area (Å²) >= 11 is 5.98. The van der Waals surface area contributed by atoms with Gasteiger partial charge in [0.2, 0.25) is 0 Å². The van der Waals surface area contributed by atoms with E-state index in [1.807, 2.05) is 0 Å². The lowest BCUT2D eigenvalue weighted by molar-refractivity contribution is 0.112. The van der Waals surface area contributed by atoms with E-state index in [9.17, 15) is 13.2 Å². The minimum absolute atomic E-state index is 0.0478. The van der Waals surface area contributed by atoms with E-state index >= 15 is 0 Å². The van der Waals surface area contributed by atoms with Crippen LogP contribution >= 0.6 is 11.6 Å². The van der Waals surface area contributed by atoms with Crippen molar-refractivity contribution in [3.63, 3.8) is 0 Å². The van der Waals surface area contributed by atoms with E-state index < -0.39 is 9.84 Å². The predicted molar refractivity (Wildman–Crippen MR) is 59.7 cm³/mol. The average molecular weight is 263 g/mol. The molecule has 0 N–H and O–H groups in total. The third-order valence-corrected chi connectivity index (χ3v) is 4.87. The van der Waals surface area contributed by atoms with Crippen LogP contribution in [0.25, 0.3) is 0 Å². The van der Waals surface area contributed by atoms with Crippen LogP contribution in [0.2, 0.25) is 5.15 Å². The SMILES string of the molecule is Cc1nn([C@@H]2CCS(=O)(=O)C2)c(Cl)c1C=O. The van der Waals surface area contributed by atoms with Gasteiger partial charge in [-0.2, -0.15) is 5.10 Å². The van der Waals surface area contributed by atoms with Gasteiger partial charge in [-0.05, 0) is 13.3 Å². The number of aromatic nitrogens is 2. The van der Waals surface area contributed by atoms with Gasteiger partial charge < -0.3 is 0 Å². The quantitative estimate of drug-likeness (QED) is 0.746. The molecule has 0 aromatic carbocycles. The third-order valence-electron chi connectivity index (χ3n) is 2.74. The van der Waals surface area contributed by atoms with Crippen LogP contribution in [0.1, 0.15) is 28.5 Å². The topological polar surface area (TPSA) is 69.0 Å². The molecular formula is C9H11ClN2O3S. The summed E-state index contributed by atoms with van der Waals surface area (Å²) in [5, 5.41) is 4.35. The Morgan fingerprint density at radius 3 is 2.69 bits per heavy atom. The molecule has 1 aromatic heterocycles. The van der Waals surface area contributed by atoms with Crippen LogP contribution in [-0.4, -0.2) is 36.0 Å². The molecule has 2 heterocycles. The number of aryl methyl sites for hydroxylation is 1. The second-order valence-corrected chi connectivity index (χ2v) is 6.50. The summed E-state index contributed by atoms with van der Waals surface area (Å²) in [7, 11) is -2.98. The first-order valence-electron chi connectivity index (χ1n) is 4.85. The highest BCUT2D eigenvalue weighted by Crippen LogP contribution is 2.28. The third kappa shape index (κ3) is 1.87. The first-order chi connectivity index (χ1) is 7.44. The molecule has 16 heavy (non-hydrogen) atoms. The normalized spacial score (nSPS) is 23.5. The molecule has 1 fully saturated rings. The maximum Gasteiger partial charge on any atom is 0.155 e. The van der Waals surface area contributed by atoms with E-state index in [-0.39, 0.29) is 22.7 Å². The monoisotopic (exact) mass is 262 g/mol. The Morgan fingerprint density at radius 2 is 2.25 bits per heavy atom. The second-order valence-electron chi connectivity index (χ2n) is 3.91. The van der Waals surface area contributed by atoms with Gasteiger partial charge in [0.25, 0.3) is 0 Å². The molecule has 1 aromatic rings. The first kappa shape index (κ1) is 11.6. The van der Waals surface area contributed by atoms with Crippen LogP contribution in [0.5, 0.6) is 0 Å². The van der Waals surface area contributed by atoms with Crippen molar-refractivity contribution < 1.29 is 13.2 Å². The number of hydrogen-bond acceptors (Lipinski definition) is 4. The van der Waals surface area contributed by atoms with Crippen molar-refractivity contribution in [1.82, 2.24) is 9.78 Å². The summed E-state index contributed by atoms with van der Waals surface area (Å²) in [6.07, 6.45) is 1.14. The van der Waals surface area contributed by atoms with Gasteiger partial charge in [0, 0.05) is 0 Å². The number of hydrogen-bond donors (Lipinski definition) is 0. The van der Waals surface area contributed by atoms with Crippen LogP contribution in [0.15, 0.2) is 0 Å². The maximum absolute atomic E-state index is 11.3. The Balaban J connectivity index is 2.39. The molecule has 1 aliphatic heterocycles. The van der Waals surface area contributed by atoms with Gasteiger partial charge in [-0.25, -0.2) is 13.1 Å². The summed E-state index contributed by atoms with van der Waals surface area (Å²) in [6, 6.07) is -0.245. The molecule has 5 nitrogen and oxygen atoms in total. The van der Waals surface area contributed by atoms with E-state index in [4.69, 9.17) is 11.6 Å². The van der Waals surface area contributed by atoms with Crippen molar-refractivity contribution >= 4 is 27.7 Å². The molecule has 0 bridgehead atoms. The van der Waals surface area contributed by atoms with Crippen LogP contribution in [0, 0.1) is 6.92 Å². The molecule has 0 aliphatic carbocycles. The number of aldehydes is 1. The van der Waals surface area contributed by atoms with Crippen molar-refractivity contribution in [2.45, 2.75) is 19.4 Å². The van der Waals surface area contributed by atoms with Gasteiger partial charge in [0.1, 0.15) is 5.15 Å². The highest BCUT2D eigenvalue weighted by molar-refractivity contribution is 7.91. The fraction of sp³-hybridized carbons (Fsp3) is 0.556. The Hall–Kier alpha value is -0.880. The van der Waals surface area contributed by atoms with Gasteiger partial charge in [-0.3, -0.25) is 4.79 Å². The standard InChI is InChI=1S/C9H11ClN2O3S/c1-6-8(4-13)9(10)12(11-6)7-2-3-16(14,15)5-7/h4,7H,2-3,5H2,1H3/t7-/m1/s1. The number of carbonyl (C=O) groups is 1. The van der Waals surface area contributed by atoms with Crippen molar-refractivity contribution in [3.8, 4) is 0 Å². The first-order valence-corrected chi connectivity index (χ1v) is 7.05. The molecule has 1 atom stereocenters. The molecule has 88 valence electrons. The van der Waals surface area contributed by atoms with Crippen LogP contribution in [-0.2, 0) is 9.84 Å². The molecule has 0 amide bonds. The molecule has 1 saturated heterocycles. The number of carbonyl (C=O) groups excluding carboxylic acids is 1. The van der Waals surface area contributed by atoms with E-state index in [2.05, 4.69) is 5.10 Å². The van der Waals surface area contributed by atoms with Gasteiger partial charge in [0.05, 0.1) is 28.8 Å². The highest BCUT2D eigenvalue weighted by atomic mass is 35.5. The lowest BCUT2D eigenvalue weighted by Crippen LogP contribution is -2.12. The molecule has 7 heteroatoms. The molecule has 2 rings (SSSR count). The number of rotatable bonds is 2. The summed E-state index contributed by atoms with van der Waals surface area (Å²) in [5.41, 5.74) is 0.871. The van der Waals surface area contributed by atoms with Crippen LogP contribution in [0.3, 0.4) is 0 Å². The highest BCUT2D eigenvalue weighted by Gasteiger charge is 2.31. The van der Waals surface area contributed by atoms with Crippen LogP contribution < -0.4 is 0 Å². The fourth-order valence-corrected chi connectivity index (χ4v) is 3.93. The van der Waals surface area contributed by atoms with Crippen molar-refractivity contribution in [3.05, 3.63) is 16.4 Å². The van der Waals surface area contributed by atoms with Gasteiger partial charge >= 0.3 is 0 Å². The summed E-state index contributed by atoms with van der Waals surface area (Å²) in [4.78, 5) is 10.7. The molecule has 1 aliphatic rings. The smallest absolute Gasteiger partial charge is 0.155 e. The zero-order chi connectivity index (χ0) is 11.9. The molecule has 0 unspecified atom stereocenters. The maximum atomic E-state index is 11.3. The van der Waals surface area contributed by atoms with Gasteiger partial charge in [-0.1, -0.05) is 11.6 Å². The van der Waals surface area contributed by atoms with E-state index in [0.29, 0.717) is 24.0 Å². The van der Waals surface area contributed by atoms with Crippen molar-refractivity contribution in [2.75, 3.05) is 11.5 Å². The Bertz CT molecular complexity index is 535. The zero-order valence-electron chi connectivity index (χ0n) is 8.68. The molecule has 0 saturated carbocycles. The minimum atomic E-state index is -2.98. The summed E-state index contributed by atoms with van der Waals surface area (Å²) in [6.45, 7) is 1.68. The molecule has 0 spiro atoms. The Morgan fingerprint density at radius 1 is 1.56 bits per heavy atom. The van der Waals surface area contributed by atoms with Crippen molar-refractivity contribution in [2.24, 2.45) is 0 Å². The number of halogens is 1. The molecular weight excluding hydrogens is 252 g/mol. The van der Waals surface area contributed by atoms with Gasteiger partial charge in [0.15, 0.2) is 16.1 Å². The minimum Gasteiger partial charge on any atom is -0.298 e. The lowest BCUT2D eigenvalue weighted by Gasteiger charge is -2.09. The Labute approximate surface area is 98.3 Å². The predicted octanol–water partition coefficient (Wildman–Crippen LogP) is 1.02. The number of sulfone groups is 1. The zero-order valence-corrected chi connectivity index (χ0v) is 10.3. The fourth-order valence-electron chi connectivity index (χ4n) is 1.88. The number of nitrogens with zero attached hydrogens (tertiary/aromatic N) is 2. The van der Waals surface area contributed by atoms with Crippen molar-refractivity contribution in [1.29, 1.82) is 0 Å². The Kier molecular flexibility index (Phi) is 2.79.